The van der Waals surface area contributed by atoms with Crippen LogP contribution < -0.4 is 0 Å². The van der Waals surface area contributed by atoms with Crippen molar-refractivity contribution in [3.05, 3.63) is 17.0 Å². The summed E-state index contributed by atoms with van der Waals surface area (Å²) in [5, 5.41) is 13.8. The van der Waals surface area contributed by atoms with E-state index in [9.17, 15) is 5.11 Å². The fourth-order valence-electron chi connectivity index (χ4n) is 2.16. The second-order valence-corrected chi connectivity index (χ2v) is 4.45. The zero-order valence-electron chi connectivity index (χ0n) is 10.6. The van der Waals surface area contributed by atoms with E-state index in [2.05, 4.69) is 5.10 Å². The van der Waals surface area contributed by atoms with Crippen LogP contribution in [0.4, 0.5) is 0 Å². The van der Waals surface area contributed by atoms with Crippen molar-refractivity contribution in [2.75, 3.05) is 13.7 Å². The molecule has 1 aromatic rings. The number of hydrogen-bond acceptors (Lipinski definition) is 4. The lowest BCUT2D eigenvalue weighted by atomic mass is 10.1. The summed E-state index contributed by atoms with van der Waals surface area (Å²) >= 11 is 0. The summed E-state index contributed by atoms with van der Waals surface area (Å²) < 4.78 is 12.1. The molecule has 5 nitrogen and oxygen atoms in total. The van der Waals surface area contributed by atoms with Crippen molar-refractivity contribution in [3.8, 4) is 0 Å². The first-order valence-electron chi connectivity index (χ1n) is 6.01. The van der Waals surface area contributed by atoms with E-state index in [-0.39, 0.29) is 6.10 Å². The van der Waals surface area contributed by atoms with Crippen molar-refractivity contribution < 1.29 is 14.6 Å². The van der Waals surface area contributed by atoms with Crippen molar-refractivity contribution in [1.29, 1.82) is 0 Å². The number of unbranched alkanes of at least 4 members (excludes halogenated alkanes) is 1. The number of rotatable bonds is 6. The van der Waals surface area contributed by atoms with Crippen LogP contribution in [0.2, 0.25) is 0 Å². The topological polar surface area (TPSA) is 59.8 Å². The third-order valence-electron chi connectivity index (χ3n) is 3.16. The largest absolute Gasteiger partial charge is 0.385 e. The number of aliphatic hydroxyl groups excluding tert-OH is 1. The van der Waals surface area contributed by atoms with E-state index < -0.39 is 6.29 Å². The minimum absolute atomic E-state index is 0.164. The van der Waals surface area contributed by atoms with Gasteiger partial charge in [-0.15, -0.1) is 0 Å². The predicted molar refractivity (Wildman–Crippen MR) is 62.6 cm³/mol. The van der Waals surface area contributed by atoms with E-state index in [0.717, 1.165) is 42.9 Å². The van der Waals surface area contributed by atoms with Crippen molar-refractivity contribution in [1.82, 2.24) is 9.78 Å². The molecule has 1 fully saturated rings. The van der Waals surface area contributed by atoms with Crippen LogP contribution in [0.15, 0.2) is 0 Å². The minimum Gasteiger partial charge on any atom is -0.385 e. The number of aryl methyl sites for hydroxylation is 2. The van der Waals surface area contributed by atoms with Crippen LogP contribution in [-0.4, -0.2) is 34.9 Å². The Labute approximate surface area is 101 Å². The summed E-state index contributed by atoms with van der Waals surface area (Å²) in [5.41, 5.74) is 3.10. The molecule has 1 aliphatic rings. The van der Waals surface area contributed by atoms with Crippen LogP contribution in [0.5, 0.6) is 0 Å². The van der Waals surface area contributed by atoms with Crippen LogP contribution in [0.25, 0.3) is 0 Å². The maximum atomic E-state index is 9.31. The molecule has 2 rings (SSSR count). The predicted octanol–water partition coefficient (Wildman–Crippen LogP) is 1.32. The summed E-state index contributed by atoms with van der Waals surface area (Å²) in [5.74, 6) is 0. The average Bonchev–Trinajstić information content (AvgIpc) is 2.92. The smallest absolute Gasteiger partial charge is 0.186 e. The monoisotopic (exact) mass is 240 g/mol. The maximum Gasteiger partial charge on any atom is 0.186 e. The molecule has 96 valence electrons. The zero-order valence-corrected chi connectivity index (χ0v) is 10.6. The SMILES string of the molecule is COCCCCn1nc(C)c(C2OC2O)c1C. The van der Waals surface area contributed by atoms with Gasteiger partial charge in [-0.2, -0.15) is 5.10 Å². The van der Waals surface area contributed by atoms with Gasteiger partial charge in [0.25, 0.3) is 0 Å². The van der Waals surface area contributed by atoms with E-state index in [0.29, 0.717) is 0 Å². The van der Waals surface area contributed by atoms with E-state index in [1.54, 1.807) is 7.11 Å². The fourth-order valence-corrected chi connectivity index (χ4v) is 2.16. The Kier molecular flexibility index (Phi) is 3.81. The number of nitrogens with zero attached hydrogens (tertiary/aromatic N) is 2. The number of methoxy groups -OCH3 is 1. The Bertz CT molecular complexity index is 389. The molecule has 0 aliphatic carbocycles. The molecule has 2 atom stereocenters. The highest BCUT2D eigenvalue weighted by molar-refractivity contribution is 5.30. The molecule has 0 saturated carbocycles. The third-order valence-corrected chi connectivity index (χ3v) is 3.16. The first-order valence-corrected chi connectivity index (χ1v) is 6.01. The van der Waals surface area contributed by atoms with Gasteiger partial charge in [0.2, 0.25) is 0 Å². The number of ether oxygens (including phenoxy) is 2. The molecule has 0 spiro atoms. The molecule has 17 heavy (non-hydrogen) atoms. The minimum atomic E-state index is -0.640. The first-order chi connectivity index (χ1) is 8.15. The summed E-state index contributed by atoms with van der Waals surface area (Å²) in [7, 11) is 1.72. The molecule has 1 aliphatic heterocycles. The fraction of sp³-hybridized carbons (Fsp3) is 0.750. The number of aliphatic hydroxyl groups is 1. The van der Waals surface area contributed by atoms with Crippen molar-refractivity contribution >= 4 is 0 Å². The Morgan fingerprint density at radius 2 is 2.12 bits per heavy atom. The molecular weight excluding hydrogens is 220 g/mol. The van der Waals surface area contributed by atoms with E-state index in [4.69, 9.17) is 9.47 Å². The summed E-state index contributed by atoms with van der Waals surface area (Å²) in [6, 6.07) is 0. The quantitative estimate of drug-likeness (QED) is 0.601. The van der Waals surface area contributed by atoms with Gasteiger partial charge in [-0.1, -0.05) is 0 Å². The Morgan fingerprint density at radius 1 is 1.41 bits per heavy atom. The van der Waals surface area contributed by atoms with Gasteiger partial charge in [-0.3, -0.25) is 4.68 Å². The zero-order chi connectivity index (χ0) is 12.4. The first kappa shape index (κ1) is 12.5. The van der Waals surface area contributed by atoms with Crippen LogP contribution >= 0.6 is 0 Å². The Balaban J connectivity index is 1.98. The van der Waals surface area contributed by atoms with Gasteiger partial charge in [0, 0.05) is 31.5 Å². The lowest BCUT2D eigenvalue weighted by Gasteiger charge is -2.04. The lowest BCUT2D eigenvalue weighted by molar-refractivity contribution is 0.156. The molecule has 1 N–H and O–H groups in total. The Hall–Kier alpha value is -0.910. The van der Waals surface area contributed by atoms with Crippen molar-refractivity contribution in [3.63, 3.8) is 0 Å². The number of aromatic nitrogens is 2. The highest BCUT2D eigenvalue weighted by Gasteiger charge is 2.42. The molecule has 0 radical (unpaired) electrons. The molecule has 1 aromatic heterocycles. The van der Waals surface area contributed by atoms with Crippen LogP contribution in [0.1, 0.15) is 35.9 Å². The van der Waals surface area contributed by atoms with E-state index in [1.165, 1.54) is 0 Å². The third kappa shape index (κ3) is 2.68. The summed E-state index contributed by atoms with van der Waals surface area (Å²) in [4.78, 5) is 0. The van der Waals surface area contributed by atoms with Crippen LogP contribution in [-0.2, 0) is 16.0 Å². The van der Waals surface area contributed by atoms with Gasteiger partial charge in [-0.05, 0) is 26.7 Å². The molecule has 0 bridgehead atoms. The van der Waals surface area contributed by atoms with Gasteiger partial charge in [-0.25, -0.2) is 0 Å². The second-order valence-electron chi connectivity index (χ2n) is 4.45. The van der Waals surface area contributed by atoms with E-state index >= 15 is 0 Å². The maximum absolute atomic E-state index is 9.31. The molecule has 5 heteroatoms. The van der Waals surface area contributed by atoms with Gasteiger partial charge in [0.1, 0.15) is 6.10 Å². The number of epoxide rings is 1. The van der Waals surface area contributed by atoms with Crippen LogP contribution in [0.3, 0.4) is 0 Å². The van der Waals surface area contributed by atoms with E-state index in [1.807, 2.05) is 18.5 Å². The van der Waals surface area contributed by atoms with Gasteiger partial charge >= 0.3 is 0 Å². The highest BCUT2D eigenvalue weighted by Crippen LogP contribution is 2.39. The summed E-state index contributed by atoms with van der Waals surface area (Å²) in [6.07, 6.45) is 1.28. The summed E-state index contributed by atoms with van der Waals surface area (Å²) in [6.45, 7) is 5.66. The molecule has 0 amide bonds. The standard InChI is InChI=1S/C12H20N2O3/c1-8-10(11-12(15)17-11)9(2)14(13-8)6-4-5-7-16-3/h11-12,15H,4-7H2,1-3H3. The Morgan fingerprint density at radius 3 is 2.71 bits per heavy atom. The molecule has 2 unspecified atom stereocenters. The second kappa shape index (κ2) is 5.16. The van der Waals surface area contributed by atoms with Gasteiger partial charge in [0.15, 0.2) is 6.29 Å². The average molecular weight is 240 g/mol. The molecular formula is C12H20N2O3. The van der Waals surface area contributed by atoms with Gasteiger partial charge < -0.3 is 14.6 Å². The lowest BCUT2D eigenvalue weighted by Crippen LogP contribution is -2.04. The van der Waals surface area contributed by atoms with Gasteiger partial charge in [0.05, 0.1) is 5.69 Å². The number of hydrogen-bond donors (Lipinski definition) is 1. The van der Waals surface area contributed by atoms with Crippen molar-refractivity contribution in [2.24, 2.45) is 0 Å². The molecule has 0 aromatic carbocycles. The molecule has 1 saturated heterocycles. The highest BCUT2D eigenvalue weighted by atomic mass is 16.7. The normalized spacial score (nSPS) is 23.1. The van der Waals surface area contributed by atoms with Crippen molar-refractivity contribution in [2.45, 2.75) is 45.6 Å². The molecule has 2 heterocycles. The van der Waals surface area contributed by atoms with Crippen LogP contribution in [0, 0.1) is 13.8 Å².